The number of aliphatic hydroxyl groups is 1. The zero-order valence-electron chi connectivity index (χ0n) is 45.1. The fourth-order valence-electron chi connectivity index (χ4n) is 7.98. The van der Waals surface area contributed by atoms with E-state index in [1.165, 1.54) is 5.57 Å². The van der Waals surface area contributed by atoms with Crippen molar-refractivity contribution < 1.29 is 37.4 Å². The molecule has 0 radical (unpaired) electrons. The van der Waals surface area contributed by atoms with E-state index in [4.69, 9.17) is 27.5 Å². The lowest BCUT2D eigenvalue weighted by molar-refractivity contribution is -0.177. The molecule has 0 aromatic rings. The number of aliphatic hydroxyl groups excluding tert-OH is 1. The lowest BCUT2D eigenvalue weighted by Gasteiger charge is -2.47. The Kier molecular flexibility index (Phi) is 23.0. The van der Waals surface area contributed by atoms with Gasteiger partial charge in [-0.25, -0.2) is 0 Å². The van der Waals surface area contributed by atoms with Crippen LogP contribution in [-0.2, 0) is 32.3 Å². The lowest BCUT2D eigenvalue weighted by atomic mass is 9.81. The van der Waals surface area contributed by atoms with Gasteiger partial charge in [-0.15, -0.1) is 0 Å². The summed E-state index contributed by atoms with van der Waals surface area (Å²) in [5.74, 6) is -0.389. The maximum Gasteiger partial charge on any atom is 0.311 e. The normalized spacial score (nSPS) is 24.7. The molecule has 1 rings (SSSR count). The monoisotopic (exact) mass is 937 g/mol. The third-order valence-electron chi connectivity index (χ3n) is 15.4. The average Bonchev–Trinajstić information content (AvgIpc) is 3.13. The topological polar surface area (TPSA) is 92.7 Å². The van der Waals surface area contributed by atoms with Gasteiger partial charge in [0.15, 0.2) is 25.0 Å². The molecule has 0 saturated carbocycles. The van der Waals surface area contributed by atoms with Crippen molar-refractivity contribution in [2.45, 2.75) is 222 Å². The van der Waals surface area contributed by atoms with Gasteiger partial charge in [0, 0.05) is 43.1 Å². The zero-order chi connectivity index (χ0) is 49.3. The predicted molar refractivity (Wildman–Crippen MR) is 274 cm³/mol. The van der Waals surface area contributed by atoms with E-state index < -0.39 is 31.1 Å². The molecule has 1 aliphatic rings. The molecule has 63 heavy (non-hydrogen) atoms. The Morgan fingerprint density at radius 1 is 0.778 bits per heavy atom. The number of methoxy groups -OCH3 is 1. The summed E-state index contributed by atoms with van der Waals surface area (Å²) in [5, 5.41) is 11.6. The Morgan fingerprint density at radius 2 is 1.30 bits per heavy atom. The van der Waals surface area contributed by atoms with Crippen LogP contribution in [0.5, 0.6) is 0 Å². The van der Waals surface area contributed by atoms with Crippen LogP contribution in [0.15, 0.2) is 48.6 Å². The van der Waals surface area contributed by atoms with Crippen molar-refractivity contribution in [3.8, 4) is 0 Å². The Morgan fingerprint density at radius 3 is 1.79 bits per heavy atom. The summed E-state index contributed by atoms with van der Waals surface area (Å²) in [7, 11) is -4.90. The second kappa shape index (κ2) is 24.2. The largest absolute Gasteiger partial charge is 0.462 e. The molecule has 8 nitrogen and oxygen atoms in total. The van der Waals surface area contributed by atoms with Crippen LogP contribution in [-0.4, -0.2) is 86.6 Å². The minimum absolute atomic E-state index is 0.00657. The number of carbonyl (C=O) groups is 1. The molecule has 0 bridgehead atoms. The van der Waals surface area contributed by atoms with Crippen molar-refractivity contribution in [3.05, 3.63) is 48.6 Å². The molecule has 13 atom stereocenters. The minimum Gasteiger partial charge on any atom is -0.462 e. The second-order valence-corrected chi connectivity index (χ2v) is 38.4. The molecule has 1 fully saturated rings. The van der Waals surface area contributed by atoms with Gasteiger partial charge in [0.1, 0.15) is 12.9 Å². The van der Waals surface area contributed by atoms with Crippen LogP contribution in [0.4, 0.5) is 0 Å². The maximum atomic E-state index is 13.5. The highest BCUT2D eigenvalue weighted by molar-refractivity contribution is 6.75. The minimum atomic E-state index is -2.24. The molecule has 0 spiro atoms. The first-order chi connectivity index (χ1) is 28.5. The molecule has 0 amide bonds. The molecular weight excluding hydrogens is 837 g/mol. The fourth-order valence-corrected chi connectivity index (χ4v) is 12.2. The Balaban J connectivity index is 3.56. The van der Waals surface area contributed by atoms with Gasteiger partial charge in [0.2, 0.25) is 0 Å². The van der Waals surface area contributed by atoms with E-state index in [0.29, 0.717) is 6.42 Å². The van der Waals surface area contributed by atoms with Gasteiger partial charge in [0.05, 0.1) is 36.4 Å². The van der Waals surface area contributed by atoms with Crippen molar-refractivity contribution in [2.24, 2.45) is 41.4 Å². The van der Waals surface area contributed by atoms with E-state index in [1.807, 2.05) is 19.1 Å². The number of rotatable bonds is 24. The summed E-state index contributed by atoms with van der Waals surface area (Å²) in [4.78, 5) is 13.5. The molecule has 1 N–H and O–H groups in total. The lowest BCUT2D eigenvalue weighted by Crippen LogP contribution is -2.55. The summed E-state index contributed by atoms with van der Waals surface area (Å²) in [5.41, 5.74) is 1.26. The Bertz CT molecular complexity index is 1500. The van der Waals surface area contributed by atoms with Crippen LogP contribution >= 0.6 is 0 Å². The van der Waals surface area contributed by atoms with E-state index in [9.17, 15) is 9.90 Å². The molecule has 1 heterocycles. The van der Waals surface area contributed by atoms with Crippen molar-refractivity contribution in [1.29, 1.82) is 0 Å². The van der Waals surface area contributed by atoms with Gasteiger partial charge in [-0.2, -0.15) is 0 Å². The van der Waals surface area contributed by atoms with Crippen molar-refractivity contribution in [2.75, 3.05) is 13.9 Å². The number of allylic oxidation sites excluding steroid dienone is 3. The third kappa shape index (κ3) is 17.5. The molecule has 0 aliphatic carbocycles. The third-order valence-corrected chi connectivity index (χ3v) is 28.8. The van der Waals surface area contributed by atoms with Crippen LogP contribution in [0.2, 0.25) is 54.4 Å². The summed E-state index contributed by atoms with van der Waals surface area (Å²) < 4.78 is 39.5. The van der Waals surface area contributed by atoms with E-state index in [0.717, 1.165) is 6.42 Å². The first kappa shape index (κ1) is 59.9. The number of ether oxygens (including phenoxy) is 3. The molecule has 0 aromatic carbocycles. The standard InChI is InChI=1S/C52H100O8Si3/c1-26-27-28-36(3)45(53)41(8)47(59-62(22,23)51(13,14)15)39(6)32-35(2)31-38(5)46(56-34-55-19)37(4)29-30-43(58-61(20,21)50(10,11)12)33-44-40(7)48(42(9)49(54)57-44)60-63(24,25)52(16,17)18/h26-31,36-48,53H,1,32-34H2,2-25H3/t36-,37-,38-,39-,40-,41+,42+,43+,44-,45-,46-,47+,48-/m0/s1. The van der Waals surface area contributed by atoms with E-state index >= 15 is 0 Å². The van der Waals surface area contributed by atoms with Crippen LogP contribution in [0, 0.1) is 41.4 Å². The van der Waals surface area contributed by atoms with Gasteiger partial charge in [-0.05, 0) is 80.6 Å². The first-order valence-electron chi connectivity index (χ1n) is 24.1. The van der Waals surface area contributed by atoms with Crippen molar-refractivity contribution >= 4 is 30.9 Å². The summed E-state index contributed by atoms with van der Waals surface area (Å²) >= 11 is 0. The number of carbonyl (C=O) groups excluding carboxylic acids is 1. The number of cyclic esters (lactones) is 1. The molecule has 11 heteroatoms. The van der Waals surface area contributed by atoms with Crippen molar-refractivity contribution in [3.63, 3.8) is 0 Å². The van der Waals surface area contributed by atoms with Gasteiger partial charge in [-0.3, -0.25) is 4.79 Å². The summed E-state index contributed by atoms with van der Waals surface area (Å²) in [6.45, 7) is 55.2. The number of hydrogen-bond donors (Lipinski definition) is 1. The molecule has 1 saturated heterocycles. The van der Waals surface area contributed by atoms with Gasteiger partial charge < -0.3 is 32.6 Å². The molecule has 1 aliphatic heterocycles. The Labute approximate surface area is 392 Å². The van der Waals surface area contributed by atoms with Gasteiger partial charge >= 0.3 is 5.97 Å². The van der Waals surface area contributed by atoms with E-state index in [-0.39, 0.29) is 99.8 Å². The smallest absolute Gasteiger partial charge is 0.311 e. The van der Waals surface area contributed by atoms with Crippen LogP contribution in [0.3, 0.4) is 0 Å². The quantitative estimate of drug-likeness (QED) is 0.0336. The maximum absolute atomic E-state index is 13.5. The van der Waals surface area contributed by atoms with Crippen LogP contribution < -0.4 is 0 Å². The first-order valence-corrected chi connectivity index (χ1v) is 32.9. The Hall–Kier alpha value is -1.16. The fraction of sp³-hybridized carbons (Fsp3) is 0.827. The average molecular weight is 938 g/mol. The number of esters is 1. The highest BCUT2D eigenvalue weighted by atomic mass is 28.4. The van der Waals surface area contributed by atoms with Crippen LogP contribution in [0.25, 0.3) is 0 Å². The number of hydrogen-bond acceptors (Lipinski definition) is 8. The summed E-state index contributed by atoms with van der Waals surface area (Å²) in [6, 6.07) is 0. The van der Waals surface area contributed by atoms with Gasteiger partial charge in [0.25, 0.3) is 0 Å². The van der Waals surface area contributed by atoms with Crippen molar-refractivity contribution in [1.82, 2.24) is 0 Å². The SMILES string of the molecule is C=CC=C[C@H](C)[C@H](O)[C@@H](C)[C@H](O[Si](C)(C)C(C)(C)C)[C@@H](C)CC(C)=C[C@H](C)[C@@H](OCOC)[C@@H](C)C=C[C@H](C[C@@H]1OC(=O)[C@H](C)[C@@H](O[Si](C)(C)C(C)(C)C)[C@H]1C)O[Si](C)(C)C(C)(C)C. The molecular formula is C52H100O8Si3. The molecule has 368 valence electrons. The molecule has 0 aromatic heterocycles. The second-order valence-electron chi connectivity index (χ2n) is 24.1. The molecule has 0 unspecified atom stereocenters. The predicted octanol–water partition coefficient (Wildman–Crippen LogP) is 13.9. The van der Waals surface area contributed by atoms with Crippen LogP contribution in [0.1, 0.15) is 131 Å². The van der Waals surface area contributed by atoms with Gasteiger partial charge in [-0.1, -0.05) is 152 Å². The van der Waals surface area contributed by atoms with E-state index in [1.54, 1.807) is 13.2 Å². The zero-order valence-corrected chi connectivity index (χ0v) is 48.1. The van der Waals surface area contributed by atoms with E-state index in [2.05, 4.69) is 175 Å². The highest BCUT2D eigenvalue weighted by Gasteiger charge is 2.49. The highest BCUT2D eigenvalue weighted by Crippen LogP contribution is 2.44. The summed E-state index contributed by atoms with van der Waals surface area (Å²) in [6.07, 6.45) is 12.2.